The van der Waals surface area contributed by atoms with Crippen molar-refractivity contribution in [3.05, 3.63) is 68.6 Å². The highest BCUT2D eigenvalue weighted by atomic mass is 16.2. The minimum Gasteiger partial charge on any atom is -0.307 e. The van der Waals surface area contributed by atoms with Gasteiger partial charge in [0.1, 0.15) is 0 Å². The molecule has 0 aliphatic rings. The average molecular weight is 393 g/mol. The molecule has 8 nitrogen and oxygen atoms in total. The van der Waals surface area contributed by atoms with Gasteiger partial charge in [0, 0.05) is 18.9 Å². The SMILES string of the molecule is CC(=O)[C@@H](C)n1c(=O)c2c(nc3n([C@H](C)c4ccccc4)c(C)cn23)n(C)c1=O. The Kier molecular flexibility index (Phi) is 4.29. The molecule has 0 unspecified atom stereocenters. The number of hydrogen-bond donors (Lipinski definition) is 0. The molecule has 4 rings (SSSR count). The molecule has 0 fully saturated rings. The van der Waals surface area contributed by atoms with E-state index in [1.54, 1.807) is 18.4 Å². The number of imidazole rings is 2. The molecule has 29 heavy (non-hydrogen) atoms. The molecule has 1 aromatic carbocycles. The molecule has 3 aromatic heterocycles. The molecular weight excluding hydrogens is 370 g/mol. The zero-order valence-electron chi connectivity index (χ0n) is 17.1. The van der Waals surface area contributed by atoms with Gasteiger partial charge in [-0.2, -0.15) is 4.98 Å². The monoisotopic (exact) mass is 393 g/mol. The quantitative estimate of drug-likeness (QED) is 0.532. The van der Waals surface area contributed by atoms with Gasteiger partial charge in [-0.1, -0.05) is 30.3 Å². The van der Waals surface area contributed by atoms with E-state index >= 15 is 0 Å². The molecule has 150 valence electrons. The largest absolute Gasteiger partial charge is 0.333 e. The average Bonchev–Trinajstić information content (AvgIpc) is 3.21. The van der Waals surface area contributed by atoms with E-state index in [0.717, 1.165) is 15.8 Å². The minimum atomic E-state index is -0.845. The van der Waals surface area contributed by atoms with Gasteiger partial charge in [0.15, 0.2) is 16.9 Å². The van der Waals surface area contributed by atoms with Gasteiger partial charge in [-0.05, 0) is 33.3 Å². The Bertz CT molecular complexity index is 1370. The van der Waals surface area contributed by atoms with Gasteiger partial charge >= 0.3 is 5.69 Å². The zero-order valence-corrected chi connectivity index (χ0v) is 17.1. The number of rotatable bonds is 4. The summed E-state index contributed by atoms with van der Waals surface area (Å²) in [6.45, 7) is 6.95. The van der Waals surface area contributed by atoms with Crippen molar-refractivity contribution in [3.63, 3.8) is 0 Å². The van der Waals surface area contributed by atoms with E-state index in [9.17, 15) is 14.4 Å². The van der Waals surface area contributed by atoms with E-state index in [0.29, 0.717) is 11.4 Å². The van der Waals surface area contributed by atoms with Crippen LogP contribution in [0.1, 0.15) is 44.1 Å². The number of carbonyl (C=O) groups excluding carboxylic acids is 1. The van der Waals surface area contributed by atoms with Crippen LogP contribution in [-0.4, -0.2) is 28.9 Å². The first kappa shape index (κ1) is 18.9. The maximum Gasteiger partial charge on any atom is 0.333 e. The Morgan fingerprint density at radius 3 is 2.34 bits per heavy atom. The van der Waals surface area contributed by atoms with Crippen LogP contribution in [0, 0.1) is 6.92 Å². The normalized spacial score (nSPS) is 13.8. The molecule has 0 aliphatic carbocycles. The van der Waals surface area contributed by atoms with Crippen molar-refractivity contribution in [2.75, 3.05) is 0 Å². The molecule has 0 N–H and O–H groups in total. The Balaban J connectivity index is 2.08. The fourth-order valence-electron chi connectivity index (χ4n) is 3.88. The Morgan fingerprint density at radius 1 is 1.07 bits per heavy atom. The number of benzene rings is 1. The predicted molar refractivity (Wildman–Crippen MR) is 111 cm³/mol. The molecule has 2 atom stereocenters. The summed E-state index contributed by atoms with van der Waals surface area (Å²) in [5.41, 5.74) is 1.57. The molecule has 0 amide bonds. The Hall–Kier alpha value is -3.42. The molecule has 0 saturated heterocycles. The zero-order chi connectivity index (χ0) is 21.0. The van der Waals surface area contributed by atoms with Crippen LogP contribution in [0.25, 0.3) is 16.9 Å². The van der Waals surface area contributed by atoms with Crippen LogP contribution in [0.15, 0.2) is 46.1 Å². The number of carbonyl (C=O) groups is 1. The maximum absolute atomic E-state index is 13.2. The Morgan fingerprint density at radius 2 is 1.72 bits per heavy atom. The first-order valence-electron chi connectivity index (χ1n) is 9.50. The molecule has 0 aliphatic heterocycles. The molecule has 0 bridgehead atoms. The second-order valence-electron chi connectivity index (χ2n) is 7.48. The molecular formula is C21H23N5O3. The lowest BCUT2D eigenvalue weighted by Gasteiger charge is -2.16. The summed E-state index contributed by atoms with van der Waals surface area (Å²) in [7, 11) is 1.57. The standard InChI is InChI=1S/C21H23N5O3/c1-12-11-24-17-18(23(5)21(29)26(19(17)28)13(2)15(4)27)22-20(24)25(12)14(3)16-9-7-6-8-10-16/h6-11,13-14H,1-5H3/t13-,14-/m1/s1. The van der Waals surface area contributed by atoms with E-state index < -0.39 is 17.3 Å². The molecule has 4 aromatic rings. The molecule has 8 heteroatoms. The summed E-state index contributed by atoms with van der Waals surface area (Å²) in [5.74, 6) is 0.324. The third kappa shape index (κ3) is 2.66. The second kappa shape index (κ2) is 6.58. The van der Waals surface area contributed by atoms with Gasteiger partial charge in [0.05, 0.1) is 12.1 Å². The molecule has 0 spiro atoms. The van der Waals surface area contributed by atoms with Gasteiger partial charge in [0.25, 0.3) is 5.56 Å². The first-order chi connectivity index (χ1) is 13.7. The van der Waals surface area contributed by atoms with Crippen LogP contribution < -0.4 is 11.2 Å². The van der Waals surface area contributed by atoms with Crippen LogP contribution >= 0.6 is 0 Å². The summed E-state index contributed by atoms with van der Waals surface area (Å²) in [4.78, 5) is 42.5. The predicted octanol–water partition coefficient (Wildman–Crippen LogP) is 2.22. The van der Waals surface area contributed by atoms with Crippen molar-refractivity contribution >= 4 is 22.7 Å². The van der Waals surface area contributed by atoms with E-state index in [1.807, 2.05) is 48.0 Å². The maximum atomic E-state index is 13.2. The lowest BCUT2D eigenvalue weighted by molar-refractivity contribution is -0.119. The first-order valence-corrected chi connectivity index (χ1v) is 9.50. The van der Waals surface area contributed by atoms with Crippen LogP contribution in [0.2, 0.25) is 0 Å². The smallest absolute Gasteiger partial charge is 0.307 e. The highest BCUT2D eigenvalue weighted by Gasteiger charge is 2.25. The van der Waals surface area contributed by atoms with Gasteiger partial charge in [0.2, 0.25) is 5.78 Å². The van der Waals surface area contributed by atoms with E-state index in [2.05, 4.69) is 11.9 Å². The summed E-state index contributed by atoms with van der Waals surface area (Å²) in [6.07, 6.45) is 1.85. The van der Waals surface area contributed by atoms with Crippen molar-refractivity contribution in [3.8, 4) is 0 Å². The third-order valence-corrected chi connectivity index (χ3v) is 5.66. The number of fused-ring (bicyclic) bond motifs is 3. The van der Waals surface area contributed by atoms with Crippen LogP contribution in [0.3, 0.4) is 0 Å². The van der Waals surface area contributed by atoms with Crippen LogP contribution in [-0.2, 0) is 11.8 Å². The fraction of sp³-hybridized carbons (Fsp3) is 0.333. The van der Waals surface area contributed by atoms with Crippen molar-refractivity contribution in [1.82, 2.24) is 23.1 Å². The summed E-state index contributed by atoms with van der Waals surface area (Å²) in [6, 6.07) is 9.15. The van der Waals surface area contributed by atoms with Crippen molar-refractivity contribution in [2.45, 2.75) is 39.8 Å². The number of ketones is 1. The number of aryl methyl sites for hydroxylation is 2. The van der Waals surface area contributed by atoms with Crippen molar-refractivity contribution in [1.29, 1.82) is 0 Å². The Labute approximate surface area is 166 Å². The minimum absolute atomic E-state index is 0.0130. The van der Waals surface area contributed by atoms with Gasteiger partial charge in [-0.25, -0.2) is 9.36 Å². The molecule has 0 radical (unpaired) electrons. The summed E-state index contributed by atoms with van der Waals surface area (Å²) in [5, 5.41) is 0. The second-order valence-corrected chi connectivity index (χ2v) is 7.48. The molecule has 3 heterocycles. The third-order valence-electron chi connectivity index (χ3n) is 5.66. The number of hydrogen-bond acceptors (Lipinski definition) is 4. The van der Waals surface area contributed by atoms with Crippen LogP contribution in [0.5, 0.6) is 0 Å². The van der Waals surface area contributed by atoms with Gasteiger partial charge < -0.3 is 4.57 Å². The van der Waals surface area contributed by atoms with Crippen LogP contribution in [0.4, 0.5) is 0 Å². The number of nitrogens with zero attached hydrogens (tertiary/aromatic N) is 5. The van der Waals surface area contributed by atoms with E-state index in [-0.39, 0.29) is 17.3 Å². The van der Waals surface area contributed by atoms with Crippen molar-refractivity contribution < 1.29 is 4.79 Å². The number of aromatic nitrogens is 5. The highest BCUT2D eigenvalue weighted by Crippen LogP contribution is 2.25. The van der Waals surface area contributed by atoms with Gasteiger partial charge in [-0.15, -0.1) is 0 Å². The molecule has 0 saturated carbocycles. The highest BCUT2D eigenvalue weighted by molar-refractivity contribution is 5.80. The van der Waals surface area contributed by atoms with Crippen molar-refractivity contribution in [2.24, 2.45) is 7.05 Å². The summed E-state index contributed by atoms with van der Waals surface area (Å²) >= 11 is 0. The number of Topliss-reactive ketones (excluding diaryl/α,β-unsaturated/α-hetero) is 1. The lowest BCUT2D eigenvalue weighted by Crippen LogP contribution is -2.42. The lowest BCUT2D eigenvalue weighted by atomic mass is 10.1. The fourth-order valence-corrected chi connectivity index (χ4v) is 3.88. The van der Waals surface area contributed by atoms with Gasteiger partial charge in [-0.3, -0.25) is 18.6 Å². The van der Waals surface area contributed by atoms with E-state index in [1.165, 1.54) is 11.5 Å². The van der Waals surface area contributed by atoms with E-state index in [4.69, 9.17) is 0 Å². The summed E-state index contributed by atoms with van der Waals surface area (Å²) < 4.78 is 6.09. The topological polar surface area (TPSA) is 83.3 Å².